The Morgan fingerprint density at radius 3 is 2.87 bits per heavy atom. The van der Waals surface area contributed by atoms with Gasteiger partial charge in [0.05, 0.1) is 6.61 Å². The smallest absolute Gasteiger partial charge is 0.178 e. The Morgan fingerprint density at radius 1 is 1.30 bits per heavy atom. The maximum absolute atomic E-state index is 5.71. The van der Waals surface area contributed by atoms with Gasteiger partial charge in [-0.05, 0) is 44.0 Å². The molecule has 0 saturated heterocycles. The zero-order chi connectivity index (χ0) is 15.8. The predicted octanol–water partition coefficient (Wildman–Crippen LogP) is 2.70. The summed E-state index contributed by atoms with van der Waals surface area (Å²) in [4.78, 5) is 0. The summed E-state index contributed by atoms with van der Waals surface area (Å²) in [6, 6.07) is 7.63. The average molecular weight is 313 g/mol. The second kappa shape index (κ2) is 5.66. The molecule has 1 N–H and O–H groups in total. The summed E-state index contributed by atoms with van der Waals surface area (Å²) >= 11 is 0. The van der Waals surface area contributed by atoms with Crippen LogP contribution < -0.4 is 5.32 Å². The summed E-state index contributed by atoms with van der Waals surface area (Å²) in [6.07, 6.45) is 2.33. The molecule has 0 aromatic carbocycles. The second-order valence-electron chi connectivity index (χ2n) is 5.92. The van der Waals surface area contributed by atoms with Crippen molar-refractivity contribution in [1.82, 2.24) is 19.8 Å². The van der Waals surface area contributed by atoms with Crippen LogP contribution in [0.25, 0.3) is 5.65 Å². The van der Waals surface area contributed by atoms with Crippen LogP contribution in [0.1, 0.15) is 42.1 Å². The van der Waals surface area contributed by atoms with E-state index in [-0.39, 0.29) is 6.04 Å². The Kier molecular flexibility index (Phi) is 3.49. The lowest BCUT2D eigenvalue weighted by molar-refractivity contribution is 0.178. The molecule has 0 spiro atoms. The van der Waals surface area contributed by atoms with Gasteiger partial charge in [0.15, 0.2) is 11.5 Å². The van der Waals surface area contributed by atoms with Gasteiger partial charge in [0.25, 0.3) is 0 Å². The van der Waals surface area contributed by atoms with Crippen molar-refractivity contribution in [3.8, 4) is 0 Å². The van der Waals surface area contributed by atoms with Crippen LogP contribution in [0.15, 0.2) is 28.7 Å². The van der Waals surface area contributed by atoms with E-state index in [1.807, 2.05) is 35.7 Å². The minimum atomic E-state index is -0.0977. The minimum Gasteiger partial charge on any atom is -0.464 e. The van der Waals surface area contributed by atoms with E-state index >= 15 is 0 Å². The normalized spacial score (nSPS) is 15.9. The number of anilines is 1. The molecule has 4 rings (SSSR count). The third-order valence-electron chi connectivity index (χ3n) is 3.99. The lowest BCUT2D eigenvalue weighted by Crippen LogP contribution is -2.17. The molecular formula is C16H19N5O2. The first-order valence-electron chi connectivity index (χ1n) is 7.79. The van der Waals surface area contributed by atoms with E-state index in [2.05, 4.69) is 20.6 Å². The highest BCUT2D eigenvalue weighted by Crippen LogP contribution is 2.38. The van der Waals surface area contributed by atoms with Crippen LogP contribution in [0.3, 0.4) is 0 Å². The van der Waals surface area contributed by atoms with Crippen molar-refractivity contribution < 1.29 is 9.15 Å². The minimum absolute atomic E-state index is 0.0977. The van der Waals surface area contributed by atoms with Crippen LogP contribution in [-0.2, 0) is 4.74 Å². The molecule has 3 aromatic heterocycles. The van der Waals surface area contributed by atoms with Crippen LogP contribution in [0.4, 0.5) is 5.82 Å². The highest BCUT2D eigenvalue weighted by molar-refractivity contribution is 5.45. The monoisotopic (exact) mass is 313 g/mol. The van der Waals surface area contributed by atoms with Gasteiger partial charge in [0.2, 0.25) is 0 Å². The van der Waals surface area contributed by atoms with Gasteiger partial charge in [0.1, 0.15) is 23.4 Å². The summed E-state index contributed by atoms with van der Waals surface area (Å²) in [5.74, 6) is 3.89. The van der Waals surface area contributed by atoms with Gasteiger partial charge >= 0.3 is 0 Å². The molecule has 3 aromatic rings. The molecule has 1 fully saturated rings. The molecule has 7 nitrogen and oxygen atoms in total. The van der Waals surface area contributed by atoms with Gasteiger partial charge in [-0.25, -0.2) is 0 Å². The molecule has 1 aliphatic carbocycles. The molecule has 0 radical (unpaired) electrons. The van der Waals surface area contributed by atoms with Gasteiger partial charge in [0, 0.05) is 13.0 Å². The summed E-state index contributed by atoms with van der Waals surface area (Å²) < 4.78 is 12.8. The van der Waals surface area contributed by atoms with Crippen LogP contribution >= 0.6 is 0 Å². The molecule has 1 saturated carbocycles. The zero-order valence-electron chi connectivity index (χ0n) is 13.2. The number of furan rings is 1. The van der Waals surface area contributed by atoms with Crippen LogP contribution in [0, 0.1) is 6.92 Å². The quantitative estimate of drug-likeness (QED) is 0.754. The van der Waals surface area contributed by atoms with E-state index in [1.165, 1.54) is 0 Å². The number of nitrogens with zero attached hydrogens (tertiary/aromatic N) is 4. The van der Waals surface area contributed by atoms with Gasteiger partial charge in [-0.2, -0.15) is 4.52 Å². The number of ether oxygens (including phenoxy) is 1. The Bertz CT molecular complexity index is 821. The van der Waals surface area contributed by atoms with Crippen LogP contribution in [-0.4, -0.2) is 33.5 Å². The number of fused-ring (bicyclic) bond motifs is 1. The van der Waals surface area contributed by atoms with Crippen molar-refractivity contribution in [3.63, 3.8) is 0 Å². The Hall–Kier alpha value is -2.41. The largest absolute Gasteiger partial charge is 0.464 e. The fourth-order valence-electron chi connectivity index (χ4n) is 2.66. The topological polar surface area (TPSA) is 77.5 Å². The Morgan fingerprint density at radius 2 is 2.17 bits per heavy atom. The molecule has 23 heavy (non-hydrogen) atoms. The van der Waals surface area contributed by atoms with E-state index in [4.69, 9.17) is 9.15 Å². The maximum Gasteiger partial charge on any atom is 0.178 e. The van der Waals surface area contributed by atoms with Crippen molar-refractivity contribution in [2.75, 3.05) is 19.0 Å². The van der Waals surface area contributed by atoms with E-state index in [1.54, 1.807) is 7.11 Å². The number of aryl methyl sites for hydroxylation is 1. The highest BCUT2D eigenvalue weighted by Gasteiger charge is 2.29. The van der Waals surface area contributed by atoms with Crippen molar-refractivity contribution >= 4 is 11.5 Å². The lowest BCUT2D eigenvalue weighted by Gasteiger charge is -2.16. The Labute approximate surface area is 133 Å². The number of aromatic nitrogens is 4. The van der Waals surface area contributed by atoms with E-state index < -0.39 is 0 Å². The average Bonchev–Trinajstić information content (AvgIpc) is 3.16. The second-order valence-corrected chi connectivity index (χ2v) is 5.92. The number of hydrogen-bond acceptors (Lipinski definition) is 6. The molecule has 0 bridgehead atoms. The number of rotatable bonds is 6. The third-order valence-corrected chi connectivity index (χ3v) is 3.99. The first kappa shape index (κ1) is 14.2. The summed E-state index contributed by atoms with van der Waals surface area (Å²) in [5.41, 5.74) is 0.773. The Balaban J connectivity index is 1.63. The number of hydrogen-bond donors (Lipinski definition) is 1. The van der Waals surface area contributed by atoms with E-state index in [0.717, 1.165) is 41.7 Å². The molecule has 0 amide bonds. The van der Waals surface area contributed by atoms with Crippen molar-refractivity contribution in [2.24, 2.45) is 0 Å². The van der Waals surface area contributed by atoms with Gasteiger partial charge in [-0.15, -0.1) is 15.3 Å². The molecule has 0 aliphatic heterocycles. The molecule has 0 unspecified atom stereocenters. The summed E-state index contributed by atoms with van der Waals surface area (Å²) in [7, 11) is 1.67. The number of methoxy groups -OCH3 is 1. The van der Waals surface area contributed by atoms with E-state index in [9.17, 15) is 0 Å². The molecule has 120 valence electrons. The van der Waals surface area contributed by atoms with Crippen LogP contribution in [0.2, 0.25) is 0 Å². The van der Waals surface area contributed by atoms with Gasteiger partial charge in [-0.3, -0.25) is 0 Å². The van der Waals surface area contributed by atoms with Crippen molar-refractivity contribution in [3.05, 3.63) is 41.6 Å². The molecule has 1 atom stereocenters. The first-order valence-corrected chi connectivity index (χ1v) is 7.79. The fourth-order valence-corrected chi connectivity index (χ4v) is 2.66. The summed E-state index contributed by atoms with van der Waals surface area (Å²) in [5, 5.41) is 16.4. The molecule has 3 heterocycles. The molecule has 1 aliphatic rings. The highest BCUT2D eigenvalue weighted by atomic mass is 16.5. The van der Waals surface area contributed by atoms with E-state index in [0.29, 0.717) is 12.5 Å². The third kappa shape index (κ3) is 2.79. The van der Waals surface area contributed by atoms with Gasteiger partial charge < -0.3 is 14.5 Å². The standard InChI is InChI=1S/C16H19N5O2/c1-10-3-6-13(23-10)12(9-22-2)17-14-7-8-15-18-19-16(11-4-5-11)21(15)20-14/h3,6-8,11-12H,4-5,9H2,1-2H3,(H,17,20)/t12-/m0/s1. The summed E-state index contributed by atoms with van der Waals surface area (Å²) in [6.45, 7) is 2.42. The van der Waals surface area contributed by atoms with Gasteiger partial charge in [-0.1, -0.05) is 0 Å². The molecular weight excluding hydrogens is 294 g/mol. The van der Waals surface area contributed by atoms with Crippen molar-refractivity contribution in [2.45, 2.75) is 31.7 Å². The van der Waals surface area contributed by atoms with Crippen molar-refractivity contribution in [1.29, 1.82) is 0 Å². The molecule has 7 heteroatoms. The first-order chi connectivity index (χ1) is 11.2. The zero-order valence-corrected chi connectivity index (χ0v) is 13.2. The predicted molar refractivity (Wildman–Crippen MR) is 84.4 cm³/mol. The lowest BCUT2D eigenvalue weighted by atomic mass is 10.2. The SMILES string of the molecule is COC[C@H](Nc1ccc2nnc(C3CC3)n2n1)c1ccc(C)o1. The van der Waals surface area contributed by atoms with Crippen LogP contribution in [0.5, 0.6) is 0 Å². The fraction of sp³-hybridized carbons (Fsp3) is 0.438. The number of nitrogens with one attached hydrogen (secondary N) is 1. The maximum atomic E-state index is 5.71.